The lowest BCUT2D eigenvalue weighted by atomic mass is 10.2. The van der Waals surface area contributed by atoms with Crippen molar-refractivity contribution in [3.05, 3.63) is 78.4 Å². The Balaban J connectivity index is 1.76. The zero-order chi connectivity index (χ0) is 21.6. The molecule has 3 aromatic carbocycles. The quantitative estimate of drug-likeness (QED) is 0.354. The fraction of sp³-hybridized carbons (Fsp3) is 0.167. The Hall–Kier alpha value is -3.45. The number of nitrogens with zero attached hydrogens (tertiary/aromatic N) is 3. The SMILES string of the molecule is COc1ccc(-n2c(SCc3ccccc3)nnc2-c2ccc(OC)c(OC)c2)cc1. The Morgan fingerprint density at radius 2 is 1.52 bits per heavy atom. The van der Waals surface area contributed by atoms with E-state index >= 15 is 0 Å². The topological polar surface area (TPSA) is 58.4 Å². The Morgan fingerprint density at radius 1 is 0.774 bits per heavy atom. The molecule has 0 aliphatic heterocycles. The molecule has 0 spiro atoms. The van der Waals surface area contributed by atoms with Crippen LogP contribution in [0.5, 0.6) is 17.2 Å². The highest BCUT2D eigenvalue weighted by Crippen LogP contribution is 2.35. The average Bonchev–Trinajstić information content (AvgIpc) is 3.27. The van der Waals surface area contributed by atoms with E-state index in [2.05, 4.69) is 22.3 Å². The van der Waals surface area contributed by atoms with Crippen molar-refractivity contribution in [3.8, 4) is 34.3 Å². The molecule has 0 bridgehead atoms. The first-order valence-electron chi connectivity index (χ1n) is 9.72. The molecule has 0 atom stereocenters. The van der Waals surface area contributed by atoms with Gasteiger partial charge in [-0.05, 0) is 48.0 Å². The summed E-state index contributed by atoms with van der Waals surface area (Å²) in [6.45, 7) is 0. The average molecular weight is 434 g/mol. The van der Waals surface area contributed by atoms with Gasteiger partial charge >= 0.3 is 0 Å². The molecular formula is C24H23N3O3S. The second-order valence-electron chi connectivity index (χ2n) is 6.68. The van der Waals surface area contributed by atoms with Crippen LogP contribution < -0.4 is 14.2 Å². The van der Waals surface area contributed by atoms with Crippen molar-refractivity contribution in [1.29, 1.82) is 0 Å². The van der Waals surface area contributed by atoms with Gasteiger partial charge in [-0.25, -0.2) is 0 Å². The zero-order valence-corrected chi connectivity index (χ0v) is 18.4. The Kier molecular flexibility index (Phi) is 6.43. The molecule has 1 heterocycles. The second-order valence-corrected chi connectivity index (χ2v) is 7.63. The summed E-state index contributed by atoms with van der Waals surface area (Å²) in [5.74, 6) is 3.62. The highest BCUT2D eigenvalue weighted by Gasteiger charge is 2.18. The molecule has 7 heteroatoms. The molecule has 0 aliphatic carbocycles. The zero-order valence-electron chi connectivity index (χ0n) is 17.6. The highest BCUT2D eigenvalue weighted by atomic mass is 32.2. The molecular weight excluding hydrogens is 410 g/mol. The van der Waals surface area contributed by atoms with Gasteiger partial charge in [0.1, 0.15) is 5.75 Å². The maximum atomic E-state index is 5.48. The van der Waals surface area contributed by atoms with Gasteiger partial charge in [-0.2, -0.15) is 0 Å². The number of rotatable bonds is 8. The molecule has 0 aliphatic rings. The first-order valence-corrected chi connectivity index (χ1v) is 10.7. The fourth-order valence-electron chi connectivity index (χ4n) is 3.21. The molecule has 0 saturated carbocycles. The smallest absolute Gasteiger partial charge is 0.196 e. The Labute approximate surface area is 185 Å². The maximum absolute atomic E-state index is 5.48. The van der Waals surface area contributed by atoms with E-state index in [4.69, 9.17) is 14.2 Å². The van der Waals surface area contributed by atoms with E-state index in [0.29, 0.717) is 11.5 Å². The van der Waals surface area contributed by atoms with Gasteiger partial charge in [0.2, 0.25) is 0 Å². The van der Waals surface area contributed by atoms with Gasteiger partial charge in [-0.15, -0.1) is 10.2 Å². The first-order chi connectivity index (χ1) is 15.2. The van der Waals surface area contributed by atoms with Crippen molar-refractivity contribution in [1.82, 2.24) is 14.8 Å². The summed E-state index contributed by atoms with van der Waals surface area (Å²) < 4.78 is 18.2. The van der Waals surface area contributed by atoms with E-state index in [-0.39, 0.29) is 0 Å². The number of benzene rings is 3. The number of ether oxygens (including phenoxy) is 3. The minimum atomic E-state index is 0.641. The third kappa shape index (κ3) is 4.51. The standard InChI is InChI=1S/C24H23N3O3S/c1-28-20-12-10-19(11-13-20)27-23(18-9-14-21(29-2)22(15-18)30-3)25-26-24(27)31-16-17-7-5-4-6-8-17/h4-15H,16H2,1-3H3. The molecule has 4 rings (SSSR count). The third-order valence-corrected chi connectivity index (χ3v) is 5.82. The molecule has 4 aromatic rings. The molecule has 0 N–H and O–H groups in total. The molecule has 0 amide bonds. The van der Waals surface area contributed by atoms with E-state index < -0.39 is 0 Å². The van der Waals surface area contributed by atoms with Gasteiger partial charge in [-0.1, -0.05) is 42.1 Å². The van der Waals surface area contributed by atoms with Crippen LogP contribution >= 0.6 is 11.8 Å². The van der Waals surface area contributed by atoms with Crippen LogP contribution in [0, 0.1) is 0 Å². The normalized spacial score (nSPS) is 10.7. The lowest BCUT2D eigenvalue weighted by molar-refractivity contribution is 0.355. The van der Waals surface area contributed by atoms with Gasteiger partial charge in [0, 0.05) is 17.0 Å². The predicted molar refractivity (Wildman–Crippen MR) is 122 cm³/mol. The summed E-state index contributed by atoms with van der Waals surface area (Å²) in [5.41, 5.74) is 3.06. The molecule has 6 nitrogen and oxygen atoms in total. The fourth-order valence-corrected chi connectivity index (χ4v) is 4.12. The summed E-state index contributed by atoms with van der Waals surface area (Å²) in [6, 6.07) is 23.9. The van der Waals surface area contributed by atoms with Crippen LogP contribution in [-0.2, 0) is 5.75 Å². The predicted octanol–water partition coefficient (Wildman–Crippen LogP) is 5.25. The molecule has 158 valence electrons. The van der Waals surface area contributed by atoms with Crippen molar-refractivity contribution < 1.29 is 14.2 Å². The Morgan fingerprint density at radius 3 is 2.19 bits per heavy atom. The number of methoxy groups -OCH3 is 3. The number of hydrogen-bond donors (Lipinski definition) is 0. The van der Waals surface area contributed by atoms with Crippen molar-refractivity contribution in [3.63, 3.8) is 0 Å². The summed E-state index contributed by atoms with van der Waals surface area (Å²) in [4.78, 5) is 0. The van der Waals surface area contributed by atoms with E-state index in [1.54, 1.807) is 33.1 Å². The number of aromatic nitrogens is 3. The van der Waals surface area contributed by atoms with Crippen LogP contribution in [0.25, 0.3) is 17.1 Å². The third-order valence-electron chi connectivity index (χ3n) is 4.82. The number of hydrogen-bond acceptors (Lipinski definition) is 6. The van der Waals surface area contributed by atoms with Gasteiger partial charge in [-0.3, -0.25) is 4.57 Å². The van der Waals surface area contributed by atoms with Crippen molar-refractivity contribution in [2.45, 2.75) is 10.9 Å². The van der Waals surface area contributed by atoms with Gasteiger partial charge in [0.15, 0.2) is 22.5 Å². The van der Waals surface area contributed by atoms with E-state index in [1.165, 1.54) is 5.56 Å². The summed E-state index contributed by atoms with van der Waals surface area (Å²) in [7, 11) is 4.90. The molecule has 1 aromatic heterocycles. The molecule has 31 heavy (non-hydrogen) atoms. The minimum Gasteiger partial charge on any atom is -0.497 e. The minimum absolute atomic E-state index is 0.641. The van der Waals surface area contributed by atoms with Crippen LogP contribution in [0.15, 0.2) is 78.0 Å². The van der Waals surface area contributed by atoms with E-state index in [1.807, 2.05) is 65.2 Å². The highest BCUT2D eigenvalue weighted by molar-refractivity contribution is 7.98. The van der Waals surface area contributed by atoms with Crippen molar-refractivity contribution in [2.75, 3.05) is 21.3 Å². The summed E-state index contributed by atoms with van der Waals surface area (Å²) in [5, 5.41) is 9.81. The monoisotopic (exact) mass is 433 g/mol. The van der Waals surface area contributed by atoms with Crippen molar-refractivity contribution in [2.24, 2.45) is 0 Å². The van der Waals surface area contributed by atoms with E-state index in [9.17, 15) is 0 Å². The van der Waals surface area contributed by atoms with Crippen LogP contribution in [0.2, 0.25) is 0 Å². The van der Waals surface area contributed by atoms with Gasteiger partial charge < -0.3 is 14.2 Å². The lowest BCUT2D eigenvalue weighted by Crippen LogP contribution is -2.00. The van der Waals surface area contributed by atoms with Crippen LogP contribution in [0.1, 0.15) is 5.56 Å². The van der Waals surface area contributed by atoms with E-state index in [0.717, 1.165) is 33.7 Å². The first kappa shape index (κ1) is 20.8. The molecule has 0 radical (unpaired) electrons. The maximum Gasteiger partial charge on any atom is 0.196 e. The lowest BCUT2D eigenvalue weighted by Gasteiger charge is -2.13. The largest absolute Gasteiger partial charge is 0.497 e. The van der Waals surface area contributed by atoms with Crippen molar-refractivity contribution >= 4 is 11.8 Å². The van der Waals surface area contributed by atoms with Crippen LogP contribution in [0.3, 0.4) is 0 Å². The molecule has 0 unspecified atom stereocenters. The van der Waals surface area contributed by atoms with Gasteiger partial charge in [0.25, 0.3) is 0 Å². The summed E-state index contributed by atoms with van der Waals surface area (Å²) >= 11 is 1.64. The summed E-state index contributed by atoms with van der Waals surface area (Å²) in [6.07, 6.45) is 0. The number of thioether (sulfide) groups is 1. The molecule has 0 fully saturated rings. The van der Waals surface area contributed by atoms with Crippen LogP contribution in [-0.4, -0.2) is 36.1 Å². The Bertz CT molecular complexity index is 1140. The van der Waals surface area contributed by atoms with Gasteiger partial charge in [0.05, 0.1) is 21.3 Å². The van der Waals surface area contributed by atoms with Crippen LogP contribution in [0.4, 0.5) is 0 Å². The second kappa shape index (κ2) is 9.57. The molecule has 0 saturated heterocycles.